The number of halogens is 2. The van der Waals surface area contributed by atoms with Gasteiger partial charge in [-0.3, -0.25) is 9.69 Å². The molecule has 5 rings (SSSR count). The number of methoxy groups -OCH3 is 1. The number of benzene rings is 3. The van der Waals surface area contributed by atoms with E-state index in [-0.39, 0.29) is 17.5 Å². The summed E-state index contributed by atoms with van der Waals surface area (Å²) >= 11 is 1.42. The molecule has 1 fully saturated rings. The Morgan fingerprint density at radius 1 is 0.923 bits per heavy atom. The highest BCUT2D eigenvalue weighted by Crippen LogP contribution is 2.23. The molecular formula is C30H30F2N4O2S. The number of aromatic nitrogens is 1. The highest BCUT2D eigenvalue weighted by molar-refractivity contribution is 7.09. The van der Waals surface area contributed by atoms with Gasteiger partial charge in [0.2, 0.25) is 0 Å². The molecule has 1 saturated heterocycles. The monoisotopic (exact) mass is 548 g/mol. The van der Waals surface area contributed by atoms with Crippen molar-refractivity contribution in [3.8, 4) is 5.75 Å². The highest BCUT2D eigenvalue weighted by atomic mass is 32.1. The Morgan fingerprint density at radius 3 is 2.33 bits per heavy atom. The van der Waals surface area contributed by atoms with Crippen molar-refractivity contribution in [3.05, 3.63) is 112 Å². The van der Waals surface area contributed by atoms with Crippen molar-refractivity contribution in [2.24, 2.45) is 0 Å². The maximum Gasteiger partial charge on any atom is 0.273 e. The number of thiazole rings is 1. The quantitative estimate of drug-likeness (QED) is 0.273. The number of rotatable bonds is 9. The van der Waals surface area contributed by atoms with Crippen molar-refractivity contribution in [1.82, 2.24) is 14.8 Å². The van der Waals surface area contributed by atoms with Crippen LogP contribution in [0.15, 0.2) is 78.2 Å². The van der Waals surface area contributed by atoms with Crippen LogP contribution in [0.2, 0.25) is 0 Å². The minimum absolute atomic E-state index is 0.0777. The minimum atomic E-state index is -0.299. The van der Waals surface area contributed by atoms with Gasteiger partial charge in [-0.2, -0.15) is 0 Å². The average molecular weight is 549 g/mol. The Balaban J connectivity index is 1.23. The summed E-state index contributed by atoms with van der Waals surface area (Å²) in [5.41, 5.74) is 3.02. The lowest BCUT2D eigenvalue weighted by molar-refractivity contribution is 0.0741. The van der Waals surface area contributed by atoms with Gasteiger partial charge in [0.1, 0.15) is 28.1 Å². The summed E-state index contributed by atoms with van der Waals surface area (Å²) < 4.78 is 33.1. The van der Waals surface area contributed by atoms with Gasteiger partial charge < -0.3 is 14.5 Å². The number of piperazine rings is 1. The number of ether oxygens (including phenoxy) is 1. The van der Waals surface area contributed by atoms with E-state index in [1.807, 2.05) is 40.1 Å². The number of carbonyl (C=O) groups is 1. The van der Waals surface area contributed by atoms with E-state index < -0.39 is 0 Å². The van der Waals surface area contributed by atoms with Gasteiger partial charge in [0.05, 0.1) is 13.7 Å². The molecule has 9 heteroatoms. The van der Waals surface area contributed by atoms with Crippen molar-refractivity contribution in [3.63, 3.8) is 0 Å². The van der Waals surface area contributed by atoms with Gasteiger partial charge in [-0.05, 0) is 48.0 Å². The van der Waals surface area contributed by atoms with Crippen LogP contribution in [0.5, 0.6) is 5.75 Å². The molecule has 1 aromatic heterocycles. The third-order valence-electron chi connectivity index (χ3n) is 6.81. The molecule has 0 saturated carbocycles. The Labute approximate surface area is 231 Å². The number of anilines is 1. The molecule has 0 unspecified atom stereocenters. The van der Waals surface area contributed by atoms with E-state index in [0.29, 0.717) is 44.0 Å². The maximum atomic E-state index is 14.4. The van der Waals surface area contributed by atoms with E-state index in [9.17, 15) is 13.6 Å². The van der Waals surface area contributed by atoms with Gasteiger partial charge in [-0.15, -0.1) is 11.3 Å². The third-order valence-corrected chi connectivity index (χ3v) is 7.64. The maximum absolute atomic E-state index is 14.4. The lowest BCUT2D eigenvalue weighted by Gasteiger charge is -2.35. The van der Waals surface area contributed by atoms with E-state index in [4.69, 9.17) is 4.74 Å². The Hall–Kier alpha value is -3.82. The summed E-state index contributed by atoms with van der Waals surface area (Å²) in [6, 6.07) is 20.9. The predicted molar refractivity (Wildman–Crippen MR) is 149 cm³/mol. The van der Waals surface area contributed by atoms with Crippen LogP contribution in [0.3, 0.4) is 0 Å². The fraction of sp³-hybridized carbons (Fsp3) is 0.267. The number of hydrogen-bond acceptors (Lipinski definition) is 6. The van der Waals surface area contributed by atoms with E-state index in [2.05, 4.69) is 9.88 Å². The first-order valence-electron chi connectivity index (χ1n) is 12.8. The predicted octanol–water partition coefficient (Wildman–Crippen LogP) is 5.59. The summed E-state index contributed by atoms with van der Waals surface area (Å²) in [4.78, 5) is 24.0. The molecule has 4 aromatic rings. The molecule has 202 valence electrons. The van der Waals surface area contributed by atoms with Gasteiger partial charge in [-0.25, -0.2) is 13.8 Å². The van der Waals surface area contributed by atoms with Crippen LogP contribution in [0.4, 0.5) is 14.5 Å². The molecule has 0 spiro atoms. The Bertz CT molecular complexity index is 1390. The zero-order chi connectivity index (χ0) is 27.2. The smallest absolute Gasteiger partial charge is 0.273 e. The molecule has 0 N–H and O–H groups in total. The number of amides is 1. The molecule has 3 aromatic carbocycles. The van der Waals surface area contributed by atoms with Gasteiger partial charge in [0.25, 0.3) is 5.91 Å². The highest BCUT2D eigenvalue weighted by Gasteiger charge is 2.24. The second-order valence-electron chi connectivity index (χ2n) is 9.47. The van der Waals surface area contributed by atoms with Crippen molar-refractivity contribution >= 4 is 22.9 Å². The first-order valence-corrected chi connectivity index (χ1v) is 13.7. The minimum Gasteiger partial charge on any atom is -0.497 e. The summed E-state index contributed by atoms with van der Waals surface area (Å²) in [7, 11) is 1.65. The summed E-state index contributed by atoms with van der Waals surface area (Å²) in [6.45, 7) is 4.00. The molecule has 0 bridgehead atoms. The number of nitrogens with zero attached hydrogens (tertiary/aromatic N) is 4. The second kappa shape index (κ2) is 12.4. The first kappa shape index (κ1) is 26.8. The van der Waals surface area contributed by atoms with Gasteiger partial charge >= 0.3 is 0 Å². The number of carbonyl (C=O) groups excluding carboxylic acids is 1. The van der Waals surface area contributed by atoms with E-state index in [0.717, 1.165) is 35.1 Å². The molecule has 6 nitrogen and oxygen atoms in total. The lowest BCUT2D eigenvalue weighted by atomic mass is 10.1. The first-order chi connectivity index (χ1) is 19.0. The molecule has 39 heavy (non-hydrogen) atoms. The van der Waals surface area contributed by atoms with Crippen molar-refractivity contribution in [2.75, 3.05) is 38.2 Å². The van der Waals surface area contributed by atoms with Gasteiger partial charge in [-0.1, -0.05) is 30.3 Å². The summed E-state index contributed by atoms with van der Waals surface area (Å²) in [5, 5.41) is 2.57. The fourth-order valence-electron chi connectivity index (χ4n) is 4.68. The Kier molecular flexibility index (Phi) is 8.48. The van der Waals surface area contributed by atoms with Crippen molar-refractivity contribution in [1.29, 1.82) is 0 Å². The molecule has 0 atom stereocenters. The van der Waals surface area contributed by atoms with Gasteiger partial charge in [0, 0.05) is 55.9 Å². The topological polar surface area (TPSA) is 48.9 Å². The zero-order valence-electron chi connectivity index (χ0n) is 21.7. The van der Waals surface area contributed by atoms with E-state index in [1.54, 1.807) is 36.8 Å². The van der Waals surface area contributed by atoms with Crippen LogP contribution in [-0.4, -0.2) is 54.0 Å². The molecule has 0 aliphatic carbocycles. The van der Waals surface area contributed by atoms with E-state index >= 15 is 0 Å². The van der Waals surface area contributed by atoms with Crippen LogP contribution in [0.1, 0.15) is 26.6 Å². The van der Waals surface area contributed by atoms with Crippen LogP contribution < -0.4 is 9.64 Å². The summed E-state index contributed by atoms with van der Waals surface area (Å²) in [6.07, 6.45) is 0. The third kappa shape index (κ3) is 6.79. The fourth-order valence-corrected chi connectivity index (χ4v) is 5.49. The molecule has 1 aliphatic rings. The van der Waals surface area contributed by atoms with Gasteiger partial charge in [0.15, 0.2) is 0 Å². The van der Waals surface area contributed by atoms with Crippen molar-refractivity contribution < 1.29 is 18.3 Å². The summed E-state index contributed by atoms with van der Waals surface area (Å²) in [5.74, 6) is 0.167. The lowest BCUT2D eigenvalue weighted by Crippen LogP contribution is -2.48. The standard InChI is InChI=1S/C30H30F2N4O2S/c1-38-26-12-10-25(11-13-26)35-14-16-36(17-15-35)30(37)28-21-39-29(33-28)20-34(18-22-6-8-24(31)9-7-22)19-23-4-2-3-5-27(23)32/h2-13,21H,14-20H2,1H3. The van der Waals surface area contributed by atoms with Crippen LogP contribution in [0, 0.1) is 11.6 Å². The Morgan fingerprint density at radius 2 is 1.64 bits per heavy atom. The average Bonchev–Trinajstić information content (AvgIpc) is 3.43. The molecule has 2 heterocycles. The van der Waals surface area contributed by atoms with Crippen LogP contribution >= 0.6 is 11.3 Å². The van der Waals surface area contributed by atoms with Crippen molar-refractivity contribution in [2.45, 2.75) is 19.6 Å². The molecule has 1 amide bonds. The van der Waals surface area contributed by atoms with Crippen LogP contribution in [0.25, 0.3) is 0 Å². The number of hydrogen-bond donors (Lipinski definition) is 0. The SMILES string of the molecule is COc1ccc(N2CCN(C(=O)c3csc(CN(Cc4ccc(F)cc4)Cc4ccccc4F)n3)CC2)cc1. The molecule has 1 aliphatic heterocycles. The largest absolute Gasteiger partial charge is 0.497 e. The normalized spacial score (nSPS) is 13.6. The van der Waals surface area contributed by atoms with E-state index in [1.165, 1.54) is 29.5 Å². The molecular weight excluding hydrogens is 518 g/mol. The van der Waals surface area contributed by atoms with Crippen LogP contribution in [-0.2, 0) is 19.6 Å². The zero-order valence-corrected chi connectivity index (χ0v) is 22.5. The second-order valence-corrected chi connectivity index (χ2v) is 10.4. The molecule has 0 radical (unpaired) electrons.